The van der Waals surface area contributed by atoms with Crippen LogP contribution >= 0.6 is 0 Å². The van der Waals surface area contributed by atoms with Gasteiger partial charge in [0, 0.05) is 13.0 Å². The molecule has 1 aliphatic rings. The number of rotatable bonds is 3. The Kier molecular flexibility index (Phi) is 2.66. The molecule has 0 aliphatic carbocycles. The van der Waals surface area contributed by atoms with Crippen molar-refractivity contribution in [2.24, 2.45) is 0 Å². The minimum absolute atomic E-state index is 0.208. The Bertz CT molecular complexity index is 237. The van der Waals surface area contributed by atoms with E-state index in [4.69, 9.17) is 9.15 Å². The van der Waals surface area contributed by atoms with Gasteiger partial charge in [-0.1, -0.05) is 0 Å². The number of hydrogen-bond acceptors (Lipinski definition) is 3. The van der Waals surface area contributed by atoms with Crippen LogP contribution in [-0.2, 0) is 4.74 Å². The molecule has 3 heteroatoms. The molecule has 0 radical (unpaired) electrons. The third kappa shape index (κ3) is 2.11. The van der Waals surface area contributed by atoms with Crippen LogP contribution in [0.1, 0.15) is 31.1 Å². The van der Waals surface area contributed by atoms with E-state index >= 15 is 0 Å². The van der Waals surface area contributed by atoms with Crippen LogP contribution in [0.5, 0.6) is 0 Å². The average molecular weight is 182 g/mol. The highest BCUT2D eigenvalue weighted by atomic mass is 16.5. The summed E-state index contributed by atoms with van der Waals surface area (Å²) in [4.78, 5) is 0. The molecule has 2 rings (SSSR count). The molecule has 0 amide bonds. The molecule has 0 aromatic carbocycles. The van der Waals surface area contributed by atoms with Crippen molar-refractivity contribution in [3.8, 4) is 0 Å². The Hall–Kier alpha value is -0.800. The topological polar surface area (TPSA) is 42.6 Å². The first-order chi connectivity index (χ1) is 6.36. The zero-order valence-corrected chi connectivity index (χ0v) is 7.48. The van der Waals surface area contributed by atoms with Crippen molar-refractivity contribution >= 4 is 0 Å². The summed E-state index contributed by atoms with van der Waals surface area (Å²) in [6.45, 7) is 0.829. The van der Waals surface area contributed by atoms with Crippen molar-refractivity contribution in [3.05, 3.63) is 24.2 Å². The molecule has 0 saturated carbocycles. The van der Waals surface area contributed by atoms with E-state index in [1.54, 1.807) is 18.4 Å². The fourth-order valence-electron chi connectivity index (χ4n) is 1.68. The van der Waals surface area contributed by atoms with Crippen LogP contribution in [0.3, 0.4) is 0 Å². The molecule has 2 heterocycles. The van der Waals surface area contributed by atoms with Gasteiger partial charge in [0.1, 0.15) is 11.9 Å². The standard InChI is InChI=1S/C10H14O3/c11-9(10-4-2-6-13-10)7-8-3-1-5-12-8/h2,4,6,8-9,11H,1,3,5,7H2. The summed E-state index contributed by atoms with van der Waals surface area (Å²) in [6.07, 6.45) is 4.08. The van der Waals surface area contributed by atoms with Crippen molar-refractivity contribution < 1.29 is 14.3 Å². The van der Waals surface area contributed by atoms with Crippen LogP contribution in [0.15, 0.2) is 22.8 Å². The fourth-order valence-corrected chi connectivity index (χ4v) is 1.68. The molecule has 72 valence electrons. The van der Waals surface area contributed by atoms with Crippen molar-refractivity contribution in [2.45, 2.75) is 31.5 Å². The SMILES string of the molecule is OC(CC1CCCO1)c1ccco1. The highest BCUT2D eigenvalue weighted by Gasteiger charge is 2.21. The lowest BCUT2D eigenvalue weighted by Crippen LogP contribution is -2.10. The van der Waals surface area contributed by atoms with Gasteiger partial charge >= 0.3 is 0 Å². The third-order valence-corrected chi connectivity index (χ3v) is 2.38. The van der Waals surface area contributed by atoms with Crippen LogP contribution in [0.2, 0.25) is 0 Å². The molecular weight excluding hydrogens is 168 g/mol. The number of furan rings is 1. The smallest absolute Gasteiger partial charge is 0.132 e. The van der Waals surface area contributed by atoms with Gasteiger partial charge in [0.15, 0.2) is 0 Å². The van der Waals surface area contributed by atoms with Crippen molar-refractivity contribution in [1.82, 2.24) is 0 Å². The predicted octanol–water partition coefficient (Wildman–Crippen LogP) is 1.88. The molecule has 1 N–H and O–H groups in total. The predicted molar refractivity (Wildman–Crippen MR) is 47.3 cm³/mol. The Morgan fingerprint density at radius 3 is 3.15 bits per heavy atom. The van der Waals surface area contributed by atoms with E-state index in [9.17, 15) is 5.11 Å². The average Bonchev–Trinajstić information content (AvgIpc) is 2.74. The molecule has 1 aromatic rings. The lowest BCUT2D eigenvalue weighted by atomic mass is 10.1. The number of ether oxygens (including phenoxy) is 1. The lowest BCUT2D eigenvalue weighted by molar-refractivity contribution is 0.0448. The summed E-state index contributed by atoms with van der Waals surface area (Å²) in [7, 11) is 0. The summed E-state index contributed by atoms with van der Waals surface area (Å²) in [5.41, 5.74) is 0. The summed E-state index contributed by atoms with van der Waals surface area (Å²) in [6, 6.07) is 3.58. The van der Waals surface area contributed by atoms with E-state index < -0.39 is 6.10 Å². The van der Waals surface area contributed by atoms with Crippen molar-refractivity contribution in [2.75, 3.05) is 6.61 Å². The molecule has 0 bridgehead atoms. The molecular formula is C10H14O3. The third-order valence-electron chi connectivity index (χ3n) is 2.38. The first-order valence-electron chi connectivity index (χ1n) is 4.69. The highest BCUT2D eigenvalue weighted by molar-refractivity contribution is 5.02. The van der Waals surface area contributed by atoms with Gasteiger partial charge in [-0.15, -0.1) is 0 Å². The maximum atomic E-state index is 9.70. The summed E-state index contributed by atoms with van der Waals surface area (Å²) < 4.78 is 10.5. The van der Waals surface area contributed by atoms with E-state index in [1.807, 2.05) is 0 Å². The normalized spacial score (nSPS) is 24.8. The summed E-state index contributed by atoms with van der Waals surface area (Å²) in [5.74, 6) is 0.635. The van der Waals surface area contributed by atoms with Crippen molar-refractivity contribution in [3.63, 3.8) is 0 Å². The van der Waals surface area contributed by atoms with Crippen LogP contribution < -0.4 is 0 Å². The molecule has 1 saturated heterocycles. The van der Waals surface area contributed by atoms with Crippen LogP contribution in [0.25, 0.3) is 0 Å². The van der Waals surface area contributed by atoms with Gasteiger partial charge in [0.2, 0.25) is 0 Å². The van der Waals surface area contributed by atoms with Crippen molar-refractivity contribution in [1.29, 1.82) is 0 Å². The maximum absolute atomic E-state index is 9.70. The van der Waals surface area contributed by atoms with Gasteiger partial charge in [-0.25, -0.2) is 0 Å². The minimum Gasteiger partial charge on any atom is -0.467 e. The molecule has 1 aromatic heterocycles. The number of aliphatic hydroxyl groups is 1. The monoisotopic (exact) mass is 182 g/mol. The second-order valence-corrected chi connectivity index (χ2v) is 3.40. The zero-order valence-electron chi connectivity index (χ0n) is 7.48. The highest BCUT2D eigenvalue weighted by Crippen LogP contribution is 2.24. The van der Waals surface area contributed by atoms with Gasteiger partial charge in [0.25, 0.3) is 0 Å². The molecule has 2 unspecified atom stereocenters. The Balaban J connectivity index is 1.87. The lowest BCUT2D eigenvalue weighted by Gasteiger charge is -2.12. The van der Waals surface area contributed by atoms with E-state index in [0.717, 1.165) is 19.4 Å². The first-order valence-corrected chi connectivity index (χ1v) is 4.69. The summed E-state index contributed by atoms with van der Waals surface area (Å²) in [5, 5.41) is 9.70. The zero-order chi connectivity index (χ0) is 9.10. The summed E-state index contributed by atoms with van der Waals surface area (Å²) >= 11 is 0. The molecule has 2 atom stereocenters. The van der Waals surface area contributed by atoms with Crippen LogP contribution in [0.4, 0.5) is 0 Å². The van der Waals surface area contributed by atoms with Gasteiger partial charge < -0.3 is 14.3 Å². The van der Waals surface area contributed by atoms with E-state index in [-0.39, 0.29) is 6.10 Å². The van der Waals surface area contributed by atoms with E-state index in [2.05, 4.69) is 0 Å². The first kappa shape index (κ1) is 8.78. The van der Waals surface area contributed by atoms with Crippen LogP contribution in [0, 0.1) is 0 Å². The molecule has 1 fully saturated rings. The Morgan fingerprint density at radius 1 is 1.62 bits per heavy atom. The Morgan fingerprint density at radius 2 is 2.54 bits per heavy atom. The van der Waals surface area contributed by atoms with Crippen LogP contribution in [-0.4, -0.2) is 17.8 Å². The maximum Gasteiger partial charge on any atom is 0.132 e. The molecule has 3 nitrogen and oxygen atoms in total. The second kappa shape index (κ2) is 3.94. The van der Waals surface area contributed by atoms with E-state index in [0.29, 0.717) is 12.2 Å². The number of hydrogen-bond donors (Lipinski definition) is 1. The molecule has 1 aliphatic heterocycles. The minimum atomic E-state index is -0.516. The van der Waals surface area contributed by atoms with E-state index in [1.165, 1.54) is 0 Å². The molecule has 0 spiro atoms. The molecule has 13 heavy (non-hydrogen) atoms. The fraction of sp³-hybridized carbons (Fsp3) is 0.600. The Labute approximate surface area is 77.3 Å². The van der Waals surface area contributed by atoms with Gasteiger partial charge in [0.05, 0.1) is 12.4 Å². The number of aliphatic hydroxyl groups excluding tert-OH is 1. The largest absolute Gasteiger partial charge is 0.467 e. The van der Waals surface area contributed by atoms with Gasteiger partial charge in [-0.3, -0.25) is 0 Å². The second-order valence-electron chi connectivity index (χ2n) is 3.40. The quantitative estimate of drug-likeness (QED) is 0.776. The van der Waals surface area contributed by atoms with Gasteiger partial charge in [-0.2, -0.15) is 0 Å². The van der Waals surface area contributed by atoms with Gasteiger partial charge in [-0.05, 0) is 25.0 Å².